The minimum Gasteiger partial charge on any atom is -0.399 e. The lowest BCUT2D eigenvalue weighted by Gasteiger charge is -2.09. The van der Waals surface area contributed by atoms with E-state index in [1.54, 1.807) is 24.3 Å². The smallest absolute Gasteiger partial charge is 0.143 e. The Morgan fingerprint density at radius 1 is 1.14 bits per heavy atom. The van der Waals surface area contributed by atoms with Gasteiger partial charge >= 0.3 is 0 Å². The van der Waals surface area contributed by atoms with Crippen LogP contribution < -0.4 is 11.1 Å². The van der Waals surface area contributed by atoms with Crippen LogP contribution in [0.25, 0.3) is 10.9 Å². The van der Waals surface area contributed by atoms with E-state index in [-0.39, 0.29) is 5.56 Å². The summed E-state index contributed by atoms with van der Waals surface area (Å²) in [4.78, 5) is 4.42. The number of nitrogens with zero attached hydrogens (tertiary/aromatic N) is 2. The topological polar surface area (TPSA) is 74.7 Å². The van der Waals surface area contributed by atoms with Crippen molar-refractivity contribution >= 4 is 28.1 Å². The molecule has 4 nitrogen and oxygen atoms in total. The molecule has 0 bridgehead atoms. The minimum absolute atomic E-state index is 0.0308. The van der Waals surface area contributed by atoms with E-state index in [1.807, 2.05) is 24.3 Å². The normalized spacial score (nSPS) is 10.3. The van der Waals surface area contributed by atoms with Crippen LogP contribution in [-0.4, -0.2) is 4.98 Å². The number of nitrogens with two attached hydrogens (primary N) is 1. The van der Waals surface area contributed by atoms with Gasteiger partial charge in [0.2, 0.25) is 0 Å². The van der Waals surface area contributed by atoms with E-state index in [2.05, 4.69) is 10.3 Å². The highest BCUT2D eigenvalue weighted by atomic mass is 19.1. The summed E-state index contributed by atoms with van der Waals surface area (Å²) in [5, 5.41) is 12.9. The molecule has 21 heavy (non-hydrogen) atoms. The summed E-state index contributed by atoms with van der Waals surface area (Å²) in [7, 11) is 0. The van der Waals surface area contributed by atoms with E-state index in [4.69, 9.17) is 11.0 Å². The molecule has 0 fully saturated rings. The molecule has 0 unspecified atom stereocenters. The number of anilines is 3. The number of rotatable bonds is 2. The lowest BCUT2D eigenvalue weighted by atomic mass is 10.1. The first kappa shape index (κ1) is 12.9. The minimum atomic E-state index is -0.559. The molecule has 102 valence electrons. The van der Waals surface area contributed by atoms with Crippen LogP contribution in [0, 0.1) is 17.1 Å². The molecule has 3 rings (SSSR count). The zero-order valence-corrected chi connectivity index (χ0v) is 11.0. The number of nitrogens with one attached hydrogen (secondary N) is 1. The van der Waals surface area contributed by atoms with Crippen molar-refractivity contribution in [2.24, 2.45) is 0 Å². The second-order valence-electron chi connectivity index (χ2n) is 4.55. The van der Waals surface area contributed by atoms with Crippen LogP contribution in [0.4, 0.5) is 21.6 Å². The van der Waals surface area contributed by atoms with Crippen molar-refractivity contribution in [3.8, 4) is 6.07 Å². The highest BCUT2D eigenvalue weighted by Crippen LogP contribution is 2.24. The van der Waals surface area contributed by atoms with E-state index in [9.17, 15) is 4.39 Å². The molecule has 3 aromatic rings. The average Bonchev–Trinajstić information content (AvgIpc) is 2.48. The van der Waals surface area contributed by atoms with Gasteiger partial charge in [-0.3, -0.25) is 0 Å². The molecule has 1 heterocycles. The zero-order chi connectivity index (χ0) is 14.8. The van der Waals surface area contributed by atoms with Crippen LogP contribution in [0.1, 0.15) is 5.56 Å². The molecule has 0 saturated carbocycles. The van der Waals surface area contributed by atoms with Gasteiger partial charge in [-0.1, -0.05) is 6.07 Å². The number of benzene rings is 2. The molecule has 0 spiro atoms. The molecular formula is C16H11FN4. The number of halogens is 1. The van der Waals surface area contributed by atoms with Crippen LogP contribution in [0.5, 0.6) is 0 Å². The van der Waals surface area contributed by atoms with Crippen LogP contribution in [0.3, 0.4) is 0 Å². The largest absolute Gasteiger partial charge is 0.399 e. The summed E-state index contributed by atoms with van der Waals surface area (Å²) >= 11 is 0. The molecule has 3 N–H and O–H groups in total. The van der Waals surface area contributed by atoms with Crippen LogP contribution in [0.2, 0.25) is 0 Å². The summed E-state index contributed by atoms with van der Waals surface area (Å²) in [5.74, 6) is -0.0227. The van der Waals surface area contributed by atoms with Crippen LogP contribution in [0.15, 0.2) is 48.5 Å². The highest BCUT2D eigenvalue weighted by molar-refractivity contribution is 5.84. The Kier molecular flexibility index (Phi) is 3.13. The standard InChI is InChI=1S/C16H11FN4/c17-13-2-1-3-15(12(13)9-18)21-16-7-4-10-8-11(19)5-6-14(10)20-16/h1-8H,19H2,(H,20,21). The maximum Gasteiger partial charge on any atom is 0.143 e. The SMILES string of the molecule is N#Cc1c(F)cccc1Nc1ccc2cc(N)ccc2n1. The molecule has 0 aliphatic carbocycles. The summed E-state index contributed by atoms with van der Waals surface area (Å²) < 4.78 is 13.6. The second-order valence-corrected chi connectivity index (χ2v) is 4.55. The first-order valence-electron chi connectivity index (χ1n) is 6.29. The van der Waals surface area contributed by atoms with Gasteiger partial charge in [0.25, 0.3) is 0 Å². The van der Waals surface area contributed by atoms with E-state index >= 15 is 0 Å². The Bertz CT molecular complexity index is 868. The molecule has 0 saturated heterocycles. The third-order valence-corrected chi connectivity index (χ3v) is 3.10. The Morgan fingerprint density at radius 3 is 2.81 bits per heavy atom. The van der Waals surface area contributed by atoms with Crippen molar-refractivity contribution in [3.05, 3.63) is 59.9 Å². The van der Waals surface area contributed by atoms with Crippen molar-refractivity contribution < 1.29 is 4.39 Å². The number of fused-ring (bicyclic) bond motifs is 1. The lowest BCUT2D eigenvalue weighted by Crippen LogP contribution is -1.98. The fourth-order valence-electron chi connectivity index (χ4n) is 2.09. The number of hydrogen-bond acceptors (Lipinski definition) is 4. The van der Waals surface area contributed by atoms with E-state index in [1.165, 1.54) is 6.07 Å². The third kappa shape index (κ3) is 2.47. The van der Waals surface area contributed by atoms with Gasteiger partial charge in [0.1, 0.15) is 23.3 Å². The van der Waals surface area contributed by atoms with Gasteiger partial charge < -0.3 is 11.1 Å². The molecule has 0 amide bonds. The number of pyridine rings is 1. The number of hydrogen-bond donors (Lipinski definition) is 2. The fraction of sp³-hybridized carbons (Fsp3) is 0. The summed E-state index contributed by atoms with van der Waals surface area (Å²) in [5.41, 5.74) is 7.51. The molecule has 0 atom stereocenters. The van der Waals surface area contributed by atoms with Gasteiger partial charge in [0, 0.05) is 11.1 Å². The quantitative estimate of drug-likeness (QED) is 0.703. The summed E-state index contributed by atoms with van der Waals surface area (Å²) in [6.45, 7) is 0. The predicted octanol–water partition coefficient (Wildman–Crippen LogP) is 3.57. The van der Waals surface area contributed by atoms with Crippen LogP contribution >= 0.6 is 0 Å². The van der Waals surface area contributed by atoms with Gasteiger partial charge in [0.05, 0.1) is 11.2 Å². The zero-order valence-electron chi connectivity index (χ0n) is 11.0. The van der Waals surface area contributed by atoms with E-state index in [0.717, 1.165) is 10.9 Å². The van der Waals surface area contributed by atoms with Gasteiger partial charge in [-0.25, -0.2) is 9.37 Å². The maximum atomic E-state index is 13.6. The molecule has 2 aromatic carbocycles. The molecule has 5 heteroatoms. The first-order chi connectivity index (χ1) is 10.2. The van der Waals surface area contributed by atoms with Crippen molar-refractivity contribution in [3.63, 3.8) is 0 Å². The molecule has 0 aliphatic heterocycles. The third-order valence-electron chi connectivity index (χ3n) is 3.10. The van der Waals surface area contributed by atoms with Crippen molar-refractivity contribution in [2.75, 3.05) is 11.1 Å². The second kappa shape index (κ2) is 5.10. The Hall–Kier alpha value is -3.13. The lowest BCUT2D eigenvalue weighted by molar-refractivity contribution is 0.624. The van der Waals surface area contributed by atoms with Gasteiger partial charge in [0.15, 0.2) is 0 Å². The Morgan fingerprint density at radius 2 is 2.00 bits per heavy atom. The fourth-order valence-corrected chi connectivity index (χ4v) is 2.09. The van der Waals surface area contributed by atoms with Crippen molar-refractivity contribution in [1.82, 2.24) is 4.98 Å². The first-order valence-corrected chi connectivity index (χ1v) is 6.29. The average molecular weight is 278 g/mol. The van der Waals surface area contributed by atoms with E-state index < -0.39 is 5.82 Å². The maximum absolute atomic E-state index is 13.6. The number of nitriles is 1. The molecule has 0 radical (unpaired) electrons. The Balaban J connectivity index is 2.01. The van der Waals surface area contributed by atoms with Gasteiger partial charge in [-0.15, -0.1) is 0 Å². The summed E-state index contributed by atoms with van der Waals surface area (Å²) in [6.07, 6.45) is 0. The van der Waals surface area contributed by atoms with Crippen LogP contribution in [-0.2, 0) is 0 Å². The van der Waals surface area contributed by atoms with Gasteiger partial charge in [-0.05, 0) is 42.5 Å². The number of aromatic nitrogens is 1. The Labute approximate surface area is 120 Å². The predicted molar refractivity (Wildman–Crippen MR) is 80.6 cm³/mol. The molecule has 0 aliphatic rings. The molecule has 1 aromatic heterocycles. The monoisotopic (exact) mass is 278 g/mol. The highest BCUT2D eigenvalue weighted by Gasteiger charge is 2.08. The van der Waals surface area contributed by atoms with Crippen molar-refractivity contribution in [1.29, 1.82) is 5.26 Å². The molecular weight excluding hydrogens is 267 g/mol. The summed E-state index contributed by atoms with van der Waals surface area (Å²) in [6, 6.07) is 15.3. The van der Waals surface area contributed by atoms with Crippen molar-refractivity contribution in [2.45, 2.75) is 0 Å². The van der Waals surface area contributed by atoms with Gasteiger partial charge in [-0.2, -0.15) is 5.26 Å². The van der Waals surface area contributed by atoms with E-state index in [0.29, 0.717) is 17.2 Å². The number of nitrogen functional groups attached to an aromatic ring is 1.